The normalized spacial score (nSPS) is 9.80. The summed E-state index contributed by atoms with van der Waals surface area (Å²) >= 11 is 0. The van der Waals surface area contributed by atoms with Crippen LogP contribution in [0.15, 0.2) is 18.2 Å². The molecule has 0 amide bonds. The summed E-state index contributed by atoms with van der Waals surface area (Å²) in [5.41, 5.74) is 2.76. The molecule has 0 aliphatic heterocycles. The van der Waals surface area contributed by atoms with Crippen LogP contribution in [0.2, 0.25) is 0 Å². The van der Waals surface area contributed by atoms with Gasteiger partial charge in [0.05, 0.1) is 0 Å². The molecule has 15 heavy (non-hydrogen) atoms. The van der Waals surface area contributed by atoms with Crippen LogP contribution < -0.4 is 108 Å². The molecule has 1 aromatic carbocycles. The van der Waals surface area contributed by atoms with Gasteiger partial charge in [-0.15, -0.1) is 11.6 Å². The number of hydrogen-bond donors (Lipinski definition) is 0. The second kappa shape index (κ2) is 9.80. The van der Waals surface area contributed by atoms with Gasteiger partial charge in [-0.1, -0.05) is 39.8 Å². The maximum absolute atomic E-state index is 4.45. The molecule has 0 spiro atoms. The minimum atomic E-state index is 0. The summed E-state index contributed by atoms with van der Waals surface area (Å²) in [6, 6.07) is 6.55. The SMILES string of the molecule is CC(C)c1ccc([P-2])c(C(C)C)c1.[K+].[K+]. The van der Waals surface area contributed by atoms with Gasteiger partial charge in [-0.05, 0) is 17.4 Å². The largest absolute Gasteiger partial charge is 1.45 e. The van der Waals surface area contributed by atoms with Crippen molar-refractivity contribution in [2.24, 2.45) is 0 Å². The van der Waals surface area contributed by atoms with Gasteiger partial charge < -0.3 is 14.5 Å². The Hall–Kier alpha value is 2.92. The van der Waals surface area contributed by atoms with Crippen LogP contribution in [-0.4, -0.2) is 0 Å². The van der Waals surface area contributed by atoms with Gasteiger partial charge in [0.25, 0.3) is 0 Å². The third kappa shape index (κ3) is 6.58. The molecule has 0 aliphatic rings. The van der Waals surface area contributed by atoms with E-state index >= 15 is 0 Å². The molecule has 0 fully saturated rings. The van der Waals surface area contributed by atoms with E-state index in [0.717, 1.165) is 5.30 Å². The van der Waals surface area contributed by atoms with Crippen LogP contribution in [0.3, 0.4) is 0 Å². The number of benzene rings is 1. The summed E-state index contributed by atoms with van der Waals surface area (Å²) in [5.74, 6) is 1.16. The van der Waals surface area contributed by atoms with Crippen LogP contribution in [0.1, 0.15) is 50.7 Å². The quantitative estimate of drug-likeness (QED) is 0.430. The van der Waals surface area contributed by atoms with E-state index in [-0.39, 0.29) is 103 Å². The molecule has 0 nitrogen and oxygen atoms in total. The van der Waals surface area contributed by atoms with Gasteiger partial charge in [-0.3, -0.25) is 0 Å². The predicted molar refractivity (Wildman–Crippen MR) is 61.2 cm³/mol. The summed E-state index contributed by atoms with van der Waals surface area (Å²) in [4.78, 5) is 0. The Morgan fingerprint density at radius 1 is 0.933 bits per heavy atom. The summed E-state index contributed by atoms with van der Waals surface area (Å²) in [7, 11) is 4.45. The van der Waals surface area contributed by atoms with Gasteiger partial charge in [-0.25, -0.2) is 0 Å². The molecule has 1 rings (SSSR count). The van der Waals surface area contributed by atoms with Crippen molar-refractivity contribution in [2.75, 3.05) is 0 Å². The van der Waals surface area contributed by atoms with Crippen LogP contribution in [-0.2, 0) is 0 Å². The molecule has 0 saturated carbocycles. The van der Waals surface area contributed by atoms with Gasteiger partial charge in [0.15, 0.2) is 0 Å². The molecule has 1 aromatic rings. The van der Waals surface area contributed by atoms with Crippen molar-refractivity contribution in [3.63, 3.8) is 0 Å². The fourth-order valence-corrected chi connectivity index (χ4v) is 1.79. The van der Waals surface area contributed by atoms with E-state index in [0.29, 0.717) is 11.8 Å². The van der Waals surface area contributed by atoms with Crippen molar-refractivity contribution in [1.82, 2.24) is 0 Å². The first-order valence-corrected chi connectivity index (χ1v) is 5.30. The Balaban J connectivity index is 0. The van der Waals surface area contributed by atoms with Crippen LogP contribution >= 0.6 is 9.24 Å². The summed E-state index contributed by atoms with van der Waals surface area (Å²) in [5, 5.41) is 1.11. The van der Waals surface area contributed by atoms with Gasteiger partial charge >= 0.3 is 103 Å². The van der Waals surface area contributed by atoms with Crippen molar-refractivity contribution >= 4 is 14.5 Å². The molecule has 0 aliphatic carbocycles. The van der Waals surface area contributed by atoms with Crippen molar-refractivity contribution in [1.29, 1.82) is 0 Å². The van der Waals surface area contributed by atoms with Crippen molar-refractivity contribution in [3.8, 4) is 0 Å². The molecular formula is C12H17K2P. The van der Waals surface area contributed by atoms with E-state index in [9.17, 15) is 0 Å². The molecule has 72 valence electrons. The summed E-state index contributed by atoms with van der Waals surface area (Å²) < 4.78 is 0. The topological polar surface area (TPSA) is 0 Å². The Morgan fingerprint density at radius 2 is 1.47 bits per heavy atom. The second-order valence-electron chi connectivity index (χ2n) is 4.13. The molecule has 0 unspecified atom stereocenters. The summed E-state index contributed by atoms with van der Waals surface area (Å²) in [6.45, 7) is 8.85. The minimum absolute atomic E-state index is 0. The van der Waals surface area contributed by atoms with Gasteiger partial charge in [0.1, 0.15) is 0 Å². The Bertz CT molecular complexity index is 296. The van der Waals surface area contributed by atoms with Crippen molar-refractivity contribution < 1.29 is 103 Å². The van der Waals surface area contributed by atoms with E-state index in [1.807, 2.05) is 0 Å². The van der Waals surface area contributed by atoms with E-state index in [1.165, 1.54) is 11.1 Å². The average molecular weight is 270 g/mol. The smallest absolute Gasteiger partial charge is 1.00 e. The Kier molecular flexibility index (Phi) is 13.2. The van der Waals surface area contributed by atoms with E-state index in [4.69, 9.17) is 0 Å². The van der Waals surface area contributed by atoms with Crippen molar-refractivity contribution in [2.45, 2.75) is 39.5 Å². The van der Waals surface area contributed by atoms with Gasteiger partial charge in [0, 0.05) is 0 Å². The standard InChI is InChI=1S/C12H17P.2K/c1-8(2)10-5-6-12(13)11(7-10)9(3)4;;/h5-9H,1-4H3;;/q-2;2*+1. The molecule has 0 saturated heterocycles. The van der Waals surface area contributed by atoms with Gasteiger partial charge in [0.2, 0.25) is 0 Å². The zero-order chi connectivity index (χ0) is 10.0. The monoisotopic (exact) mass is 270 g/mol. The molecule has 0 atom stereocenters. The third-order valence-corrected chi connectivity index (χ3v) is 2.75. The van der Waals surface area contributed by atoms with E-state index < -0.39 is 0 Å². The van der Waals surface area contributed by atoms with Crippen LogP contribution in [0, 0.1) is 0 Å². The van der Waals surface area contributed by atoms with Gasteiger partial charge in [-0.2, -0.15) is 0 Å². The molecule has 3 heteroatoms. The second-order valence-corrected chi connectivity index (χ2v) is 4.61. The first-order valence-electron chi connectivity index (χ1n) is 4.85. The number of rotatable bonds is 2. The van der Waals surface area contributed by atoms with Crippen LogP contribution in [0.4, 0.5) is 0 Å². The minimum Gasteiger partial charge on any atom is -1.45 e. The fourth-order valence-electron chi connectivity index (χ4n) is 1.39. The maximum Gasteiger partial charge on any atom is 1.00 e. The van der Waals surface area contributed by atoms with E-state index in [2.05, 4.69) is 55.1 Å². The Labute approximate surface area is 182 Å². The van der Waals surface area contributed by atoms with Crippen molar-refractivity contribution in [3.05, 3.63) is 29.3 Å². The molecular weight excluding hydrogens is 253 g/mol. The molecule has 0 aromatic heterocycles. The first-order chi connectivity index (χ1) is 6.02. The average Bonchev–Trinajstić information content (AvgIpc) is 2.04. The molecule has 0 radical (unpaired) electrons. The molecule has 0 N–H and O–H groups in total. The fraction of sp³-hybridized carbons (Fsp3) is 0.500. The first kappa shape index (κ1) is 20.2. The maximum atomic E-state index is 4.45. The zero-order valence-electron chi connectivity index (χ0n) is 10.8. The molecule has 0 heterocycles. The summed E-state index contributed by atoms with van der Waals surface area (Å²) in [6.07, 6.45) is 0. The molecule has 0 bridgehead atoms. The number of hydrogen-bond acceptors (Lipinski definition) is 0. The van der Waals surface area contributed by atoms with Crippen LogP contribution in [0.5, 0.6) is 0 Å². The van der Waals surface area contributed by atoms with Crippen LogP contribution in [0.25, 0.3) is 0 Å². The zero-order valence-corrected chi connectivity index (χ0v) is 18.0. The van der Waals surface area contributed by atoms with E-state index in [1.54, 1.807) is 0 Å². The predicted octanol–water partition coefficient (Wildman–Crippen LogP) is -2.02. The Morgan fingerprint density at radius 3 is 1.87 bits per heavy atom. The third-order valence-electron chi connectivity index (χ3n) is 2.34.